The number of ether oxygens (including phenoxy) is 1. The number of aryl methyl sites for hydroxylation is 4. The Morgan fingerprint density at radius 3 is 1.58 bits per heavy atom. The minimum Gasteiger partial charge on any atom is -0.399 e. The molecule has 0 N–H and O–H groups in total. The fraction of sp³-hybridized carbons (Fsp3) is 0.370. The third kappa shape index (κ3) is 9.06. The second-order valence-electron chi connectivity index (χ2n) is 17.3. The second-order valence-corrected chi connectivity index (χ2v) is 26.1. The van der Waals surface area contributed by atoms with E-state index < -0.39 is 68.9 Å². The molecule has 4 aromatic carbocycles. The van der Waals surface area contributed by atoms with Gasteiger partial charge in [0.15, 0.2) is 19.7 Å². The first kappa shape index (κ1) is 48.8. The Labute approximate surface area is 385 Å². The number of rotatable bonds is 6. The van der Waals surface area contributed by atoms with Crippen LogP contribution < -0.4 is 0 Å². The van der Waals surface area contributed by atoms with Gasteiger partial charge in [0.25, 0.3) is 20.0 Å². The van der Waals surface area contributed by atoms with E-state index in [0.717, 1.165) is 46.5 Å². The molecule has 3 aliphatic rings. The van der Waals surface area contributed by atoms with Crippen LogP contribution in [0, 0.1) is 25.5 Å². The molecule has 1 aliphatic heterocycles. The fourth-order valence-corrected chi connectivity index (χ4v) is 13.7. The lowest BCUT2D eigenvalue weighted by atomic mass is 9.82. The van der Waals surface area contributed by atoms with Gasteiger partial charge in [0, 0.05) is 30.4 Å². The van der Waals surface area contributed by atoms with Crippen molar-refractivity contribution in [3.05, 3.63) is 128 Å². The van der Waals surface area contributed by atoms with Crippen LogP contribution >= 0.6 is 23.2 Å². The molecule has 9 nitrogen and oxygen atoms in total. The number of alkyl halides is 3. The van der Waals surface area contributed by atoms with Crippen LogP contribution in [0.4, 0.5) is 22.0 Å². The van der Waals surface area contributed by atoms with Gasteiger partial charge in [-0.25, -0.2) is 33.6 Å². The number of aromatic nitrogens is 2. The number of carbonyl (C=O) groups excluding carboxylic acids is 1. The summed E-state index contributed by atoms with van der Waals surface area (Å²) in [6, 6.07) is 16.8. The Balaban J connectivity index is 0.000000179. The number of fused-ring (bicyclic) bond motifs is 6. The highest BCUT2D eigenvalue weighted by atomic mass is 35.5. The van der Waals surface area contributed by atoms with Gasteiger partial charge in [-0.2, -0.15) is 13.2 Å². The molecule has 0 radical (unpaired) electrons. The van der Waals surface area contributed by atoms with Crippen molar-refractivity contribution in [2.45, 2.75) is 106 Å². The van der Waals surface area contributed by atoms with Crippen molar-refractivity contribution in [2.24, 2.45) is 0 Å². The molecule has 2 aromatic heterocycles. The Hall–Kier alpha value is -4.10. The maximum absolute atomic E-state index is 14.9. The highest BCUT2D eigenvalue weighted by molar-refractivity contribution is 7.90. The quantitative estimate of drug-likeness (QED) is 0.121. The molecule has 2 aliphatic carbocycles. The second kappa shape index (κ2) is 18.2. The third-order valence-corrected chi connectivity index (χ3v) is 16.6. The van der Waals surface area contributed by atoms with Crippen molar-refractivity contribution in [1.82, 2.24) is 7.94 Å². The minimum absolute atomic E-state index is 0.0279. The fourth-order valence-electron chi connectivity index (χ4n) is 8.67. The zero-order valence-corrected chi connectivity index (χ0v) is 40.4. The Bertz CT molecular complexity index is 3030. The molecule has 9 rings (SSSR count). The van der Waals surface area contributed by atoms with Crippen LogP contribution in [0.2, 0.25) is 29.7 Å². The summed E-state index contributed by atoms with van der Waals surface area (Å²) in [5, 5.41) is -0.269. The van der Waals surface area contributed by atoms with Crippen LogP contribution in [0.1, 0.15) is 77.0 Å². The lowest BCUT2D eigenvalue weighted by molar-refractivity contribution is -0.264. The summed E-state index contributed by atoms with van der Waals surface area (Å²) in [6.45, 7) is 10.5. The predicted molar refractivity (Wildman–Crippen MR) is 244 cm³/mol. The molecule has 1 unspecified atom stereocenters. The number of hydrogen-bond donors (Lipinski definition) is 0. The van der Waals surface area contributed by atoms with Crippen LogP contribution in [-0.4, -0.2) is 58.3 Å². The van der Waals surface area contributed by atoms with Gasteiger partial charge in [-0.15, -0.1) is 0 Å². The van der Waals surface area contributed by atoms with Crippen molar-refractivity contribution in [2.75, 3.05) is 13.2 Å². The molecule has 19 heteroatoms. The van der Waals surface area contributed by atoms with E-state index in [1.165, 1.54) is 43.2 Å². The lowest BCUT2D eigenvalue weighted by Gasteiger charge is -2.43. The van der Waals surface area contributed by atoms with E-state index in [2.05, 4.69) is 0 Å². The molecule has 0 amide bonds. The van der Waals surface area contributed by atoms with Gasteiger partial charge >= 0.3 is 6.18 Å². The maximum atomic E-state index is 14.9. The topological polar surface area (TPSA) is 114 Å². The summed E-state index contributed by atoms with van der Waals surface area (Å²) in [5.41, 5.74) is -0.908. The number of ketones is 1. The molecule has 3 heterocycles. The number of benzene rings is 4. The van der Waals surface area contributed by atoms with Gasteiger partial charge in [0.2, 0.25) is 0 Å². The molecular formula is C46H47Cl2F5N2O7S2Si. The standard InChI is InChI=1S/C23H24ClF4NO3SSi.C19H15ClFNO3S.C4H8O/c1-14-7-9-15(10-8-14)33(30,31)29-18-12-11-17(25)20(24)19(18)16-6-5-13-22(21(16)29,23(26,27)28)32-34(2,3)4;1-11-5-7-12(8-6-11)26(24,25)22-15-10-9-14(21)18(20)17(15)13-3-2-4-16(23)19(13)22;1-2-4-5-3-1/h7-12H,5-6,13H2,1-4H3;5-10H,2-4H2,1H3;1-4H2. The van der Waals surface area contributed by atoms with E-state index in [1.54, 1.807) is 50.8 Å². The zero-order valence-electron chi connectivity index (χ0n) is 36.2. The van der Waals surface area contributed by atoms with Crippen molar-refractivity contribution in [3.63, 3.8) is 0 Å². The van der Waals surface area contributed by atoms with E-state index in [0.29, 0.717) is 27.8 Å². The van der Waals surface area contributed by atoms with E-state index in [-0.39, 0.29) is 67.5 Å². The molecule has 348 valence electrons. The largest absolute Gasteiger partial charge is 0.422 e. The lowest BCUT2D eigenvalue weighted by Crippen LogP contribution is -2.53. The summed E-state index contributed by atoms with van der Waals surface area (Å²) < 4.78 is 140. The number of Topliss-reactive ketones (excluding diaryl/α,β-unsaturated/α-hetero) is 1. The van der Waals surface area contributed by atoms with Gasteiger partial charge in [0.1, 0.15) is 17.3 Å². The van der Waals surface area contributed by atoms with Crippen LogP contribution in [0.25, 0.3) is 21.8 Å². The Kier molecular flexibility index (Phi) is 13.7. The molecule has 65 heavy (non-hydrogen) atoms. The van der Waals surface area contributed by atoms with E-state index in [1.807, 2.05) is 6.92 Å². The van der Waals surface area contributed by atoms with Crippen molar-refractivity contribution in [1.29, 1.82) is 0 Å². The SMILES string of the molecule is C1CCOC1.Cc1ccc(S(=O)(=O)n2c3c(c4c(Cl)c(F)ccc42)CCCC3(O[Si](C)(C)C)C(F)(F)F)cc1.Cc1ccc(S(=O)(=O)n2c3c(c4c(Cl)c(F)ccc42)CCCC3=O)cc1. The number of nitrogens with zero attached hydrogens (tertiary/aromatic N) is 2. The first-order valence-corrected chi connectivity index (χ1v) is 28.0. The number of hydrogen-bond acceptors (Lipinski definition) is 7. The summed E-state index contributed by atoms with van der Waals surface area (Å²) in [4.78, 5) is 12.5. The highest BCUT2D eigenvalue weighted by Gasteiger charge is 2.63. The van der Waals surface area contributed by atoms with Crippen LogP contribution in [-0.2, 0) is 47.7 Å². The van der Waals surface area contributed by atoms with Crippen LogP contribution in [0.15, 0.2) is 82.6 Å². The number of carbonyl (C=O) groups is 1. The molecule has 1 atom stereocenters. The smallest absolute Gasteiger partial charge is 0.399 e. The predicted octanol–water partition coefficient (Wildman–Crippen LogP) is 12.2. The van der Waals surface area contributed by atoms with Gasteiger partial charge in [-0.05, 0) is 138 Å². The van der Waals surface area contributed by atoms with Crippen molar-refractivity contribution in [3.8, 4) is 0 Å². The molecule has 0 spiro atoms. The zero-order chi connectivity index (χ0) is 47.4. The van der Waals surface area contributed by atoms with Crippen molar-refractivity contribution < 1.29 is 52.7 Å². The summed E-state index contributed by atoms with van der Waals surface area (Å²) in [6.07, 6.45) is -1.31. The van der Waals surface area contributed by atoms with Crippen LogP contribution in [0.3, 0.4) is 0 Å². The molecule has 0 saturated carbocycles. The Morgan fingerprint density at radius 1 is 0.662 bits per heavy atom. The molecule has 1 fully saturated rings. The summed E-state index contributed by atoms with van der Waals surface area (Å²) in [7, 11) is -11.4. The molecule has 6 aromatic rings. The average molecular weight is 998 g/mol. The maximum Gasteiger partial charge on any atom is 0.422 e. The van der Waals surface area contributed by atoms with E-state index >= 15 is 0 Å². The number of halogens is 7. The van der Waals surface area contributed by atoms with Gasteiger partial charge in [0.05, 0.1) is 36.6 Å². The van der Waals surface area contributed by atoms with Gasteiger partial charge < -0.3 is 9.16 Å². The third-order valence-electron chi connectivity index (χ3n) is 11.5. The van der Waals surface area contributed by atoms with Crippen LogP contribution in [0.5, 0.6) is 0 Å². The molecule has 1 saturated heterocycles. The minimum atomic E-state index is -4.93. The molecular weight excluding hydrogens is 951 g/mol. The van der Waals surface area contributed by atoms with Gasteiger partial charge in [-0.3, -0.25) is 4.79 Å². The molecule has 0 bridgehead atoms. The van der Waals surface area contributed by atoms with E-state index in [9.17, 15) is 43.6 Å². The first-order valence-electron chi connectivity index (χ1n) is 21.0. The van der Waals surface area contributed by atoms with Crippen molar-refractivity contribution >= 4 is 79.2 Å². The highest BCUT2D eigenvalue weighted by Crippen LogP contribution is 2.55. The average Bonchev–Trinajstić information content (AvgIpc) is 4.00. The first-order chi connectivity index (χ1) is 30.4. The Morgan fingerprint density at radius 2 is 1.12 bits per heavy atom. The summed E-state index contributed by atoms with van der Waals surface area (Å²) >= 11 is 12.4. The van der Waals surface area contributed by atoms with E-state index in [4.69, 9.17) is 32.4 Å². The normalized spacial score (nSPS) is 17.9. The summed E-state index contributed by atoms with van der Waals surface area (Å²) in [5.74, 6) is -1.74. The van der Waals surface area contributed by atoms with Gasteiger partial charge in [-0.1, -0.05) is 58.6 Å². The monoisotopic (exact) mass is 996 g/mol.